The summed E-state index contributed by atoms with van der Waals surface area (Å²) in [5.41, 5.74) is 0. The maximum absolute atomic E-state index is 0. The van der Waals surface area contributed by atoms with Gasteiger partial charge in [0.2, 0.25) is 0 Å². The van der Waals surface area contributed by atoms with Crippen LogP contribution in [0.1, 0.15) is 0 Å². The second-order valence-electron chi connectivity index (χ2n) is 0. The van der Waals surface area contributed by atoms with Crippen molar-refractivity contribution in [2.24, 2.45) is 0 Å². The van der Waals surface area contributed by atoms with Gasteiger partial charge in [0.15, 0.2) is 17.4 Å². The Morgan fingerprint density at radius 3 is 1.00 bits per heavy atom. The molecule has 1 radical (unpaired) electrons. The normalized spacial score (nSPS) is 0. The molecule has 0 aromatic rings. The van der Waals surface area contributed by atoms with Gasteiger partial charge in [0.05, 0.1) is 0 Å². The Hall–Kier alpha value is 2.56. The molecule has 4 heavy (non-hydrogen) atoms. The predicted octanol–water partition coefficient (Wildman–Crippen LogP) is -2.64. The predicted molar refractivity (Wildman–Crippen MR) is 21.3 cm³/mol. The van der Waals surface area contributed by atoms with Crippen molar-refractivity contribution in [3.05, 3.63) is 0 Å². The van der Waals surface area contributed by atoms with Crippen LogP contribution in [0.25, 0.3) is 0 Å². The molecule has 0 heterocycles. The fourth-order valence-corrected chi connectivity index (χ4v) is 0. The third-order valence-electron chi connectivity index (χ3n) is 0. The molecule has 0 aromatic heterocycles. The van der Waals surface area contributed by atoms with Crippen molar-refractivity contribution in [2.45, 2.75) is 0 Å². The molecule has 0 aromatic carbocycles. The van der Waals surface area contributed by atoms with E-state index in [2.05, 4.69) is 0 Å². The first-order valence-electron chi connectivity index (χ1n) is 0. The molecule has 35 valence electrons. The van der Waals surface area contributed by atoms with Gasteiger partial charge in [-0.1, -0.05) is 0 Å². The molecule has 0 atom stereocenters. The SMILES string of the molecule is [Ag].[AlH3].[Ni].[SnH4]. The summed E-state index contributed by atoms with van der Waals surface area (Å²) in [6.45, 7) is 0. The third kappa shape index (κ3) is 8.82. The van der Waals surface area contributed by atoms with Crippen LogP contribution in [0.4, 0.5) is 0 Å². The Kier molecular flexibility index (Phi) is 136. The second kappa shape index (κ2) is 17.6. The molecule has 0 amide bonds. The molecule has 0 aliphatic heterocycles. The Labute approximate surface area is 79.0 Å². The Bertz CT molecular complexity index is 8.00. The Morgan fingerprint density at radius 2 is 1.00 bits per heavy atom. The van der Waals surface area contributed by atoms with E-state index in [1.165, 1.54) is 0 Å². The molecule has 0 rings (SSSR count). The molecular formula is H7AgAlNiSn. The minimum atomic E-state index is 0. The van der Waals surface area contributed by atoms with Crippen molar-refractivity contribution < 1.29 is 38.9 Å². The minimum absolute atomic E-state index is 0. The number of rotatable bonds is 0. The summed E-state index contributed by atoms with van der Waals surface area (Å²) in [5, 5.41) is 0. The third-order valence-corrected chi connectivity index (χ3v) is 0. The molecule has 4 heteroatoms. The topological polar surface area (TPSA) is 0 Å². The summed E-state index contributed by atoms with van der Waals surface area (Å²) >= 11 is 0. The molecule has 0 aliphatic rings. The summed E-state index contributed by atoms with van der Waals surface area (Å²) in [4.78, 5) is 0. The van der Waals surface area contributed by atoms with Crippen LogP contribution in [0.3, 0.4) is 0 Å². The zero-order valence-corrected chi connectivity index (χ0v) is 3.09. The Balaban J connectivity index is 0. The fourth-order valence-electron chi connectivity index (χ4n) is 0. The molecule has 0 aliphatic carbocycles. The van der Waals surface area contributed by atoms with E-state index in [-0.39, 0.29) is 80.1 Å². The summed E-state index contributed by atoms with van der Waals surface area (Å²) in [6.07, 6.45) is 0. The van der Waals surface area contributed by atoms with Crippen LogP contribution >= 0.6 is 0 Å². The van der Waals surface area contributed by atoms with E-state index in [1.807, 2.05) is 0 Å². The molecule has 0 fully saturated rings. The van der Waals surface area contributed by atoms with Gasteiger partial charge in [-0.3, -0.25) is 0 Å². The van der Waals surface area contributed by atoms with E-state index in [9.17, 15) is 0 Å². The molecule has 0 unspecified atom stereocenters. The van der Waals surface area contributed by atoms with Crippen LogP contribution in [-0.4, -0.2) is 41.3 Å². The van der Waals surface area contributed by atoms with Crippen LogP contribution in [0, 0.1) is 0 Å². The van der Waals surface area contributed by atoms with Crippen LogP contribution in [0.2, 0.25) is 0 Å². The van der Waals surface area contributed by atoms with Gasteiger partial charge in [-0.05, 0) is 0 Å². The van der Waals surface area contributed by atoms with E-state index in [4.69, 9.17) is 0 Å². The van der Waals surface area contributed by atoms with E-state index in [1.54, 1.807) is 0 Å². The molecular weight excluding hydrogens is 312 g/mol. The van der Waals surface area contributed by atoms with E-state index in [0.29, 0.717) is 0 Å². The first kappa shape index (κ1) is 30.9. The fraction of sp³-hybridized carbons (Fsp3) is 0. The van der Waals surface area contributed by atoms with Gasteiger partial charge in [0.25, 0.3) is 0 Å². The monoisotopic (exact) mass is 319 g/mol. The van der Waals surface area contributed by atoms with Gasteiger partial charge in [0, 0.05) is 38.9 Å². The van der Waals surface area contributed by atoms with Crippen LogP contribution in [-0.2, 0) is 38.9 Å². The van der Waals surface area contributed by atoms with Crippen molar-refractivity contribution in [3.8, 4) is 0 Å². The molecule has 0 saturated carbocycles. The molecule has 0 N–H and O–H groups in total. The number of hydrogen-bond acceptors (Lipinski definition) is 0. The van der Waals surface area contributed by atoms with E-state index < -0.39 is 0 Å². The summed E-state index contributed by atoms with van der Waals surface area (Å²) in [6, 6.07) is 0. The van der Waals surface area contributed by atoms with E-state index in [0.717, 1.165) is 0 Å². The zero-order chi connectivity index (χ0) is 0. The quantitative estimate of drug-likeness (QED) is 0.428. The van der Waals surface area contributed by atoms with Crippen LogP contribution < -0.4 is 0 Å². The van der Waals surface area contributed by atoms with Crippen LogP contribution in [0.15, 0.2) is 0 Å². The van der Waals surface area contributed by atoms with Crippen molar-refractivity contribution in [2.75, 3.05) is 0 Å². The maximum atomic E-state index is 0. The first-order chi connectivity index (χ1) is 0. The van der Waals surface area contributed by atoms with Gasteiger partial charge >= 0.3 is 23.9 Å². The molecule has 0 spiro atoms. The van der Waals surface area contributed by atoms with Crippen molar-refractivity contribution in [1.82, 2.24) is 0 Å². The average Bonchev–Trinajstić information content (AvgIpc) is 0. The van der Waals surface area contributed by atoms with E-state index >= 15 is 0 Å². The zero-order valence-electron chi connectivity index (χ0n) is 0.618. The van der Waals surface area contributed by atoms with Gasteiger partial charge in [-0.25, -0.2) is 0 Å². The summed E-state index contributed by atoms with van der Waals surface area (Å²) < 4.78 is 0. The second-order valence-corrected chi connectivity index (χ2v) is 0. The Morgan fingerprint density at radius 1 is 1.00 bits per heavy atom. The molecule has 0 nitrogen and oxygen atoms in total. The summed E-state index contributed by atoms with van der Waals surface area (Å²) in [5.74, 6) is 0. The molecule has 0 saturated heterocycles. The van der Waals surface area contributed by atoms with Crippen molar-refractivity contribution in [1.29, 1.82) is 0 Å². The van der Waals surface area contributed by atoms with Gasteiger partial charge < -0.3 is 0 Å². The van der Waals surface area contributed by atoms with Gasteiger partial charge in [-0.15, -0.1) is 0 Å². The summed E-state index contributed by atoms with van der Waals surface area (Å²) in [7, 11) is 0. The standard InChI is InChI=1S/Ag.Al.Ni.Sn.7H. The average molecular weight is 319 g/mol. The number of hydrogen-bond donors (Lipinski definition) is 0. The van der Waals surface area contributed by atoms with Gasteiger partial charge in [-0.2, -0.15) is 0 Å². The van der Waals surface area contributed by atoms with Crippen molar-refractivity contribution >= 4 is 41.3 Å². The van der Waals surface area contributed by atoms with Crippen molar-refractivity contribution in [3.63, 3.8) is 0 Å². The van der Waals surface area contributed by atoms with Gasteiger partial charge in [0.1, 0.15) is 0 Å². The van der Waals surface area contributed by atoms with Crippen LogP contribution in [0.5, 0.6) is 0 Å². The first-order valence-corrected chi connectivity index (χ1v) is 0. The molecule has 0 bridgehead atoms.